The van der Waals surface area contributed by atoms with Crippen molar-refractivity contribution in [2.75, 3.05) is 20.1 Å². The Morgan fingerprint density at radius 2 is 2.41 bits per heavy atom. The van der Waals surface area contributed by atoms with Gasteiger partial charge in [0.25, 0.3) is 5.91 Å². The fourth-order valence-corrected chi connectivity index (χ4v) is 2.70. The molecule has 0 aliphatic carbocycles. The second-order valence-corrected chi connectivity index (χ2v) is 5.04. The number of H-pyrrole nitrogens is 1. The van der Waals surface area contributed by atoms with E-state index in [1.807, 2.05) is 18.0 Å². The molecule has 1 aliphatic rings. The average molecular weight is 235 g/mol. The molecular weight excluding hydrogens is 214 g/mol. The average Bonchev–Trinajstić information content (AvgIpc) is 2.82. The Kier molecular flexibility index (Phi) is 3.52. The van der Waals surface area contributed by atoms with Gasteiger partial charge in [-0.15, -0.1) is 0 Å². The van der Waals surface area contributed by atoms with Gasteiger partial charge in [-0.1, -0.05) is 0 Å². The van der Waals surface area contributed by atoms with Crippen LogP contribution >= 0.6 is 0 Å². The summed E-state index contributed by atoms with van der Waals surface area (Å²) < 4.78 is 0. The molecule has 1 aromatic heterocycles. The minimum absolute atomic E-state index is 0.0542. The number of nitrogens with one attached hydrogen (secondary N) is 2. The molecule has 0 spiro atoms. The standard InChI is InChI=1S/C13H21N3O/c1-13(10-14-2)6-3-4-8-16(13)12(17)11-5-7-15-9-11/h5,7,9,14-15H,3-4,6,8,10H2,1-2H3. The fraction of sp³-hybridized carbons (Fsp3) is 0.615. The van der Waals surface area contributed by atoms with Gasteiger partial charge >= 0.3 is 0 Å². The third kappa shape index (κ3) is 2.36. The van der Waals surface area contributed by atoms with E-state index in [0.717, 1.165) is 31.5 Å². The molecule has 4 heteroatoms. The van der Waals surface area contributed by atoms with Crippen LogP contribution in [0.4, 0.5) is 0 Å². The number of likely N-dealkylation sites (N-methyl/N-ethyl adjacent to an activating group) is 1. The zero-order chi connectivity index (χ0) is 12.3. The van der Waals surface area contributed by atoms with Crippen molar-refractivity contribution in [3.63, 3.8) is 0 Å². The van der Waals surface area contributed by atoms with E-state index >= 15 is 0 Å². The van der Waals surface area contributed by atoms with E-state index < -0.39 is 0 Å². The van der Waals surface area contributed by atoms with Crippen molar-refractivity contribution in [3.05, 3.63) is 24.0 Å². The highest BCUT2D eigenvalue weighted by Gasteiger charge is 2.37. The van der Waals surface area contributed by atoms with Gasteiger partial charge in [-0.3, -0.25) is 4.79 Å². The highest BCUT2D eigenvalue weighted by molar-refractivity contribution is 5.94. The number of aromatic amines is 1. The molecule has 2 N–H and O–H groups in total. The predicted molar refractivity (Wildman–Crippen MR) is 68.0 cm³/mol. The summed E-state index contributed by atoms with van der Waals surface area (Å²) in [6.45, 7) is 3.89. The van der Waals surface area contributed by atoms with Crippen LogP contribution in [0.3, 0.4) is 0 Å². The smallest absolute Gasteiger partial charge is 0.255 e. The quantitative estimate of drug-likeness (QED) is 0.836. The van der Waals surface area contributed by atoms with Crippen molar-refractivity contribution in [1.29, 1.82) is 0 Å². The van der Waals surface area contributed by atoms with E-state index in [1.165, 1.54) is 6.42 Å². The first kappa shape index (κ1) is 12.2. The Morgan fingerprint density at radius 1 is 1.59 bits per heavy atom. The van der Waals surface area contributed by atoms with E-state index in [1.54, 1.807) is 12.4 Å². The fourth-order valence-electron chi connectivity index (χ4n) is 2.70. The van der Waals surface area contributed by atoms with E-state index in [2.05, 4.69) is 17.2 Å². The van der Waals surface area contributed by atoms with Crippen molar-refractivity contribution in [2.24, 2.45) is 0 Å². The lowest BCUT2D eigenvalue weighted by atomic mass is 9.87. The molecule has 0 bridgehead atoms. The summed E-state index contributed by atoms with van der Waals surface area (Å²) in [6, 6.07) is 1.84. The molecule has 94 valence electrons. The zero-order valence-corrected chi connectivity index (χ0v) is 10.6. The van der Waals surface area contributed by atoms with Crippen LogP contribution < -0.4 is 5.32 Å². The highest BCUT2D eigenvalue weighted by atomic mass is 16.2. The maximum absolute atomic E-state index is 12.4. The Labute approximate surface area is 102 Å². The number of aromatic nitrogens is 1. The summed E-state index contributed by atoms with van der Waals surface area (Å²) in [5.74, 6) is 0.142. The number of nitrogens with zero attached hydrogens (tertiary/aromatic N) is 1. The van der Waals surface area contributed by atoms with Crippen LogP contribution in [0.25, 0.3) is 0 Å². The van der Waals surface area contributed by atoms with E-state index in [4.69, 9.17) is 0 Å². The Hall–Kier alpha value is -1.29. The van der Waals surface area contributed by atoms with Gasteiger partial charge in [-0.25, -0.2) is 0 Å². The van der Waals surface area contributed by atoms with Crippen LogP contribution in [-0.4, -0.2) is 41.5 Å². The van der Waals surface area contributed by atoms with Crippen LogP contribution in [0.15, 0.2) is 18.5 Å². The second-order valence-electron chi connectivity index (χ2n) is 5.04. The summed E-state index contributed by atoms with van der Waals surface area (Å²) in [4.78, 5) is 17.4. The van der Waals surface area contributed by atoms with Gasteiger partial charge < -0.3 is 15.2 Å². The maximum atomic E-state index is 12.4. The normalized spacial score (nSPS) is 24.9. The van der Waals surface area contributed by atoms with Crippen molar-refractivity contribution in [1.82, 2.24) is 15.2 Å². The Morgan fingerprint density at radius 3 is 3.06 bits per heavy atom. The van der Waals surface area contributed by atoms with Crippen molar-refractivity contribution in [3.8, 4) is 0 Å². The summed E-state index contributed by atoms with van der Waals surface area (Å²) >= 11 is 0. The topological polar surface area (TPSA) is 48.1 Å². The second kappa shape index (κ2) is 4.92. The number of hydrogen-bond acceptors (Lipinski definition) is 2. The van der Waals surface area contributed by atoms with Gasteiger partial charge in [-0.05, 0) is 39.3 Å². The number of rotatable bonds is 3. The van der Waals surface area contributed by atoms with Gasteiger partial charge in [-0.2, -0.15) is 0 Å². The molecule has 1 aliphatic heterocycles. The molecule has 1 unspecified atom stereocenters. The van der Waals surface area contributed by atoms with Gasteiger partial charge in [0.05, 0.1) is 11.1 Å². The third-order valence-corrected chi connectivity index (χ3v) is 3.65. The molecule has 1 amide bonds. The van der Waals surface area contributed by atoms with Crippen LogP contribution in [0.5, 0.6) is 0 Å². The summed E-state index contributed by atoms with van der Waals surface area (Å²) in [6.07, 6.45) is 6.96. The van der Waals surface area contributed by atoms with Crippen molar-refractivity contribution >= 4 is 5.91 Å². The van der Waals surface area contributed by atoms with Crippen LogP contribution in [0, 0.1) is 0 Å². The third-order valence-electron chi connectivity index (χ3n) is 3.65. The molecule has 17 heavy (non-hydrogen) atoms. The number of hydrogen-bond donors (Lipinski definition) is 2. The summed E-state index contributed by atoms with van der Waals surface area (Å²) in [7, 11) is 1.94. The minimum atomic E-state index is -0.0542. The van der Waals surface area contributed by atoms with Crippen LogP contribution in [0.2, 0.25) is 0 Å². The molecule has 4 nitrogen and oxygen atoms in total. The summed E-state index contributed by atoms with van der Waals surface area (Å²) in [5, 5.41) is 3.21. The van der Waals surface area contributed by atoms with Crippen molar-refractivity contribution in [2.45, 2.75) is 31.7 Å². The molecule has 1 fully saturated rings. The lowest BCUT2D eigenvalue weighted by Crippen LogP contribution is -2.57. The van der Waals surface area contributed by atoms with Gasteiger partial charge in [0.1, 0.15) is 0 Å². The zero-order valence-electron chi connectivity index (χ0n) is 10.6. The minimum Gasteiger partial charge on any atom is -0.367 e. The molecule has 1 saturated heterocycles. The summed E-state index contributed by atoms with van der Waals surface area (Å²) in [5.41, 5.74) is 0.704. The molecule has 0 aromatic carbocycles. The first-order valence-corrected chi connectivity index (χ1v) is 6.27. The van der Waals surface area contributed by atoms with E-state index in [-0.39, 0.29) is 11.4 Å². The number of likely N-dealkylation sites (tertiary alicyclic amines) is 1. The maximum Gasteiger partial charge on any atom is 0.255 e. The van der Waals surface area contributed by atoms with Gasteiger partial charge in [0.2, 0.25) is 0 Å². The molecule has 1 aromatic rings. The number of carbonyl (C=O) groups is 1. The first-order valence-electron chi connectivity index (χ1n) is 6.27. The molecule has 1 atom stereocenters. The largest absolute Gasteiger partial charge is 0.367 e. The monoisotopic (exact) mass is 235 g/mol. The molecule has 2 heterocycles. The van der Waals surface area contributed by atoms with Crippen LogP contribution in [-0.2, 0) is 0 Å². The number of carbonyl (C=O) groups excluding carboxylic acids is 1. The molecular formula is C13H21N3O. The van der Waals surface area contributed by atoms with E-state index in [9.17, 15) is 4.79 Å². The SMILES string of the molecule is CNCC1(C)CCCCN1C(=O)c1cc[nH]c1. The lowest BCUT2D eigenvalue weighted by molar-refractivity contribution is 0.0382. The van der Waals surface area contributed by atoms with Gasteiger partial charge in [0.15, 0.2) is 0 Å². The molecule has 0 radical (unpaired) electrons. The van der Waals surface area contributed by atoms with E-state index in [0.29, 0.717) is 0 Å². The number of amides is 1. The van der Waals surface area contributed by atoms with Gasteiger partial charge in [0, 0.05) is 25.5 Å². The lowest BCUT2D eigenvalue weighted by Gasteiger charge is -2.45. The van der Waals surface area contributed by atoms with Crippen LogP contribution in [0.1, 0.15) is 36.5 Å². The highest BCUT2D eigenvalue weighted by Crippen LogP contribution is 2.28. The Balaban J connectivity index is 2.19. The number of piperidine rings is 1. The first-order chi connectivity index (χ1) is 8.17. The Bertz CT molecular complexity index is 370. The molecule has 0 saturated carbocycles. The predicted octanol–water partition coefficient (Wildman–Crippen LogP) is 1.62. The molecule has 2 rings (SSSR count). The van der Waals surface area contributed by atoms with Crippen molar-refractivity contribution < 1.29 is 4.79 Å².